The zero-order valence-corrected chi connectivity index (χ0v) is 17.8. The Hall–Kier alpha value is -3.22. The summed E-state index contributed by atoms with van der Waals surface area (Å²) >= 11 is 0. The molecule has 7 heteroatoms. The molecule has 7 nitrogen and oxygen atoms in total. The predicted molar refractivity (Wildman–Crippen MR) is 119 cm³/mol. The lowest BCUT2D eigenvalue weighted by Gasteiger charge is -2.26. The number of aliphatic imine (C=N–C) groups is 1. The third-order valence-corrected chi connectivity index (χ3v) is 5.00. The summed E-state index contributed by atoms with van der Waals surface area (Å²) in [5.74, 6) is 2.30. The molecule has 1 aliphatic rings. The molecule has 2 aromatic carbocycles. The van der Waals surface area contributed by atoms with Gasteiger partial charge in [0.2, 0.25) is 5.91 Å². The maximum absolute atomic E-state index is 12.0. The van der Waals surface area contributed by atoms with E-state index in [9.17, 15) is 4.79 Å². The van der Waals surface area contributed by atoms with Crippen LogP contribution in [0.2, 0.25) is 0 Å². The number of nitrogens with one attached hydrogen (secondary N) is 3. The van der Waals surface area contributed by atoms with Crippen molar-refractivity contribution in [3.8, 4) is 11.5 Å². The van der Waals surface area contributed by atoms with Gasteiger partial charge >= 0.3 is 0 Å². The molecule has 3 N–H and O–H groups in total. The minimum atomic E-state index is 0.0425. The highest BCUT2D eigenvalue weighted by molar-refractivity contribution is 5.94. The number of rotatable bonds is 8. The first-order valence-electron chi connectivity index (χ1n) is 10.3. The van der Waals surface area contributed by atoms with E-state index in [1.165, 1.54) is 0 Å². The number of amides is 1. The van der Waals surface area contributed by atoms with E-state index in [1.807, 2.05) is 36.4 Å². The molecule has 1 amide bonds. The van der Waals surface area contributed by atoms with Crippen molar-refractivity contribution in [1.29, 1.82) is 0 Å². The fraction of sp³-hybridized carbons (Fsp3) is 0.391. The van der Waals surface area contributed by atoms with E-state index in [0.29, 0.717) is 32.1 Å². The van der Waals surface area contributed by atoms with Gasteiger partial charge in [0.1, 0.15) is 0 Å². The van der Waals surface area contributed by atoms with Gasteiger partial charge in [-0.1, -0.05) is 31.2 Å². The van der Waals surface area contributed by atoms with Gasteiger partial charge in [0.25, 0.3) is 0 Å². The number of fused-ring (bicyclic) bond motifs is 1. The van der Waals surface area contributed by atoms with Crippen LogP contribution in [0.4, 0.5) is 5.69 Å². The maximum atomic E-state index is 12.0. The molecule has 160 valence electrons. The van der Waals surface area contributed by atoms with Gasteiger partial charge in [-0.15, -0.1) is 0 Å². The topological polar surface area (TPSA) is 84.0 Å². The highest BCUT2D eigenvalue weighted by Gasteiger charge is 2.24. The minimum Gasteiger partial charge on any atom is -0.493 e. The van der Waals surface area contributed by atoms with Gasteiger partial charge < -0.3 is 25.4 Å². The first kappa shape index (κ1) is 21.5. The number of anilines is 1. The lowest BCUT2D eigenvalue weighted by molar-refractivity contribution is -0.116. The summed E-state index contributed by atoms with van der Waals surface area (Å²) in [6.07, 6.45) is 1.40. The Morgan fingerprint density at radius 3 is 2.80 bits per heavy atom. The summed E-state index contributed by atoms with van der Waals surface area (Å²) in [7, 11) is 3.38. The molecule has 0 fully saturated rings. The van der Waals surface area contributed by atoms with Crippen LogP contribution >= 0.6 is 0 Å². The zero-order chi connectivity index (χ0) is 21.3. The predicted octanol–water partition coefficient (Wildman–Crippen LogP) is 3.28. The Bertz CT molecular complexity index is 898. The number of carbonyl (C=O) groups excluding carboxylic acids is 1. The molecule has 1 unspecified atom stereocenters. The molecule has 1 heterocycles. The minimum absolute atomic E-state index is 0.0425. The second kappa shape index (κ2) is 10.5. The van der Waals surface area contributed by atoms with Crippen LogP contribution in [0.3, 0.4) is 0 Å². The standard InChI is InChI=1S/C23H30N4O3/c1-4-11-30-20-10-9-16(12-21(20)29-3)14-25-23(24-2)26-15-17-13-22(28)27-19-8-6-5-7-18(17)19/h5-10,12,17H,4,11,13-15H2,1-3H3,(H,27,28)(H2,24,25,26). The molecular formula is C23H30N4O3. The van der Waals surface area contributed by atoms with Crippen LogP contribution in [0.1, 0.15) is 36.8 Å². The number of benzene rings is 2. The molecule has 30 heavy (non-hydrogen) atoms. The molecule has 0 radical (unpaired) electrons. The second-order valence-electron chi connectivity index (χ2n) is 7.18. The third kappa shape index (κ3) is 5.43. The number of guanidine groups is 1. The van der Waals surface area contributed by atoms with Gasteiger partial charge in [-0.25, -0.2) is 0 Å². The van der Waals surface area contributed by atoms with Crippen molar-refractivity contribution in [2.45, 2.75) is 32.2 Å². The molecule has 0 saturated carbocycles. The smallest absolute Gasteiger partial charge is 0.225 e. The summed E-state index contributed by atoms with van der Waals surface area (Å²) in [4.78, 5) is 16.3. The molecule has 2 aromatic rings. The zero-order valence-electron chi connectivity index (χ0n) is 17.8. The van der Waals surface area contributed by atoms with Crippen molar-refractivity contribution in [2.24, 2.45) is 4.99 Å². The van der Waals surface area contributed by atoms with Crippen LogP contribution in [0.15, 0.2) is 47.5 Å². The van der Waals surface area contributed by atoms with Gasteiger partial charge in [0, 0.05) is 38.2 Å². The van der Waals surface area contributed by atoms with Crippen LogP contribution in [0, 0.1) is 0 Å². The molecule has 0 aliphatic carbocycles. The van der Waals surface area contributed by atoms with Crippen molar-refractivity contribution in [1.82, 2.24) is 10.6 Å². The highest BCUT2D eigenvalue weighted by Crippen LogP contribution is 2.31. The Morgan fingerprint density at radius 1 is 1.20 bits per heavy atom. The van der Waals surface area contributed by atoms with E-state index < -0.39 is 0 Å². The number of hydrogen-bond acceptors (Lipinski definition) is 4. The largest absolute Gasteiger partial charge is 0.493 e. The summed E-state index contributed by atoms with van der Waals surface area (Å²) in [5, 5.41) is 9.59. The van der Waals surface area contributed by atoms with E-state index in [1.54, 1.807) is 14.2 Å². The summed E-state index contributed by atoms with van der Waals surface area (Å²) in [6.45, 7) is 3.94. The van der Waals surface area contributed by atoms with Crippen molar-refractivity contribution >= 4 is 17.6 Å². The van der Waals surface area contributed by atoms with Gasteiger partial charge in [0.05, 0.1) is 13.7 Å². The van der Waals surface area contributed by atoms with Gasteiger partial charge in [-0.3, -0.25) is 9.79 Å². The van der Waals surface area contributed by atoms with Crippen molar-refractivity contribution in [3.63, 3.8) is 0 Å². The van der Waals surface area contributed by atoms with Gasteiger partial charge in [-0.2, -0.15) is 0 Å². The molecule has 3 rings (SSSR count). The fourth-order valence-corrected chi connectivity index (χ4v) is 3.46. The number of ether oxygens (including phenoxy) is 2. The number of carbonyl (C=O) groups is 1. The lowest BCUT2D eigenvalue weighted by atomic mass is 9.90. The molecule has 0 spiro atoms. The normalized spacial score (nSPS) is 15.8. The van der Waals surface area contributed by atoms with Crippen molar-refractivity contribution in [2.75, 3.05) is 32.6 Å². The molecule has 0 aromatic heterocycles. The molecule has 1 aliphatic heterocycles. The Kier molecular flexibility index (Phi) is 7.54. The van der Waals surface area contributed by atoms with Gasteiger partial charge in [0.15, 0.2) is 17.5 Å². The van der Waals surface area contributed by atoms with Gasteiger partial charge in [-0.05, 0) is 35.7 Å². The van der Waals surface area contributed by atoms with Crippen LogP contribution in [-0.2, 0) is 11.3 Å². The quantitative estimate of drug-likeness (QED) is 0.459. The number of nitrogens with zero attached hydrogens (tertiary/aromatic N) is 1. The molecule has 1 atom stereocenters. The van der Waals surface area contributed by atoms with Crippen LogP contribution < -0.4 is 25.4 Å². The van der Waals surface area contributed by atoms with E-state index >= 15 is 0 Å². The summed E-state index contributed by atoms with van der Waals surface area (Å²) in [6, 6.07) is 13.8. The summed E-state index contributed by atoms with van der Waals surface area (Å²) in [5.41, 5.74) is 3.09. The fourth-order valence-electron chi connectivity index (χ4n) is 3.46. The van der Waals surface area contributed by atoms with E-state index in [0.717, 1.165) is 34.7 Å². The summed E-state index contributed by atoms with van der Waals surface area (Å²) < 4.78 is 11.2. The average Bonchev–Trinajstić information content (AvgIpc) is 2.77. The maximum Gasteiger partial charge on any atom is 0.225 e. The van der Waals surface area contributed by atoms with Crippen LogP contribution in [-0.4, -0.2) is 39.2 Å². The Balaban J connectivity index is 1.57. The van der Waals surface area contributed by atoms with Crippen LogP contribution in [0.25, 0.3) is 0 Å². The number of hydrogen-bond donors (Lipinski definition) is 3. The Morgan fingerprint density at radius 2 is 2.03 bits per heavy atom. The first-order chi connectivity index (χ1) is 14.6. The second-order valence-corrected chi connectivity index (χ2v) is 7.18. The number of para-hydroxylation sites is 1. The van der Waals surface area contributed by atoms with Crippen molar-refractivity contribution < 1.29 is 14.3 Å². The molecule has 0 bridgehead atoms. The van der Waals surface area contributed by atoms with Crippen molar-refractivity contribution in [3.05, 3.63) is 53.6 Å². The number of methoxy groups -OCH3 is 1. The monoisotopic (exact) mass is 410 g/mol. The van der Waals surface area contributed by atoms with Crippen LogP contribution in [0.5, 0.6) is 11.5 Å². The first-order valence-corrected chi connectivity index (χ1v) is 10.3. The highest BCUT2D eigenvalue weighted by atomic mass is 16.5. The van der Waals surface area contributed by atoms with E-state index in [4.69, 9.17) is 9.47 Å². The third-order valence-electron chi connectivity index (χ3n) is 5.00. The molecular weight excluding hydrogens is 380 g/mol. The van der Waals surface area contributed by atoms with E-state index in [2.05, 4.69) is 33.9 Å². The molecule has 0 saturated heterocycles. The SMILES string of the molecule is CCCOc1ccc(CNC(=NC)NCC2CC(=O)Nc3ccccc32)cc1OC. The average molecular weight is 411 g/mol. The van der Waals surface area contributed by atoms with E-state index in [-0.39, 0.29) is 11.8 Å². The Labute approximate surface area is 177 Å². The lowest BCUT2D eigenvalue weighted by Crippen LogP contribution is -2.40.